The molecule has 0 aliphatic heterocycles. The molecule has 7 nitrogen and oxygen atoms in total. The fourth-order valence-electron chi connectivity index (χ4n) is 2.53. The Morgan fingerprint density at radius 2 is 1.70 bits per heavy atom. The second kappa shape index (κ2) is 7.89. The summed E-state index contributed by atoms with van der Waals surface area (Å²) in [6.45, 7) is 1.48. The molecule has 2 amide bonds. The second-order valence-corrected chi connectivity index (χ2v) is 8.26. The zero-order valence-electron chi connectivity index (χ0n) is 14.9. The molecular formula is C19H21N3O4S. The van der Waals surface area contributed by atoms with Gasteiger partial charge in [0.05, 0.1) is 4.90 Å². The monoisotopic (exact) mass is 387 g/mol. The van der Waals surface area contributed by atoms with Crippen molar-refractivity contribution in [3.63, 3.8) is 0 Å². The lowest BCUT2D eigenvalue weighted by Gasteiger charge is -2.10. The van der Waals surface area contributed by atoms with Crippen molar-refractivity contribution in [2.45, 2.75) is 31.2 Å². The highest BCUT2D eigenvalue weighted by atomic mass is 32.2. The number of anilines is 2. The Labute approximate surface area is 158 Å². The van der Waals surface area contributed by atoms with Gasteiger partial charge < -0.3 is 10.6 Å². The molecule has 2 aromatic carbocycles. The summed E-state index contributed by atoms with van der Waals surface area (Å²) in [5.74, 6) is -0.114. The van der Waals surface area contributed by atoms with Crippen molar-refractivity contribution in [1.29, 1.82) is 0 Å². The molecule has 0 aromatic heterocycles. The summed E-state index contributed by atoms with van der Waals surface area (Å²) in [5, 5.41) is 5.43. The third-order valence-corrected chi connectivity index (χ3v) is 5.51. The van der Waals surface area contributed by atoms with E-state index in [1.165, 1.54) is 31.2 Å². The molecular weight excluding hydrogens is 366 g/mol. The molecule has 0 spiro atoms. The minimum Gasteiger partial charge on any atom is -0.326 e. The lowest BCUT2D eigenvalue weighted by Crippen LogP contribution is -2.23. The predicted molar refractivity (Wildman–Crippen MR) is 103 cm³/mol. The van der Waals surface area contributed by atoms with Crippen LogP contribution in [0.5, 0.6) is 0 Å². The highest BCUT2D eigenvalue weighted by Crippen LogP contribution is 2.30. The topological polar surface area (TPSA) is 104 Å². The van der Waals surface area contributed by atoms with Gasteiger partial charge in [-0.1, -0.05) is 12.1 Å². The first-order chi connectivity index (χ1) is 12.8. The minimum absolute atomic E-state index is 0.00647. The average molecular weight is 387 g/mol. The number of carbonyl (C=O) groups is 2. The third-order valence-electron chi connectivity index (χ3n) is 4.09. The van der Waals surface area contributed by atoms with E-state index in [4.69, 9.17) is 0 Å². The van der Waals surface area contributed by atoms with Crippen LogP contribution in [0.1, 0.15) is 25.3 Å². The van der Waals surface area contributed by atoms with Crippen molar-refractivity contribution in [2.24, 2.45) is 5.92 Å². The van der Waals surface area contributed by atoms with Crippen LogP contribution >= 0.6 is 0 Å². The Morgan fingerprint density at radius 1 is 1.00 bits per heavy atom. The van der Waals surface area contributed by atoms with Gasteiger partial charge in [-0.25, -0.2) is 13.1 Å². The van der Waals surface area contributed by atoms with E-state index < -0.39 is 10.0 Å². The van der Waals surface area contributed by atoms with Crippen LogP contribution in [0, 0.1) is 5.92 Å². The number of nitrogens with one attached hydrogen (secondary N) is 3. The Morgan fingerprint density at radius 3 is 2.33 bits per heavy atom. The van der Waals surface area contributed by atoms with Gasteiger partial charge in [0, 0.05) is 30.8 Å². The molecule has 3 rings (SSSR count). The van der Waals surface area contributed by atoms with E-state index in [9.17, 15) is 18.0 Å². The number of benzene rings is 2. The molecule has 1 saturated carbocycles. The van der Waals surface area contributed by atoms with Gasteiger partial charge in [-0.15, -0.1) is 0 Å². The molecule has 27 heavy (non-hydrogen) atoms. The Hall–Kier alpha value is -2.71. The number of carbonyl (C=O) groups excluding carboxylic acids is 2. The summed E-state index contributed by atoms with van der Waals surface area (Å²) < 4.78 is 27.4. The van der Waals surface area contributed by atoms with E-state index in [0.717, 1.165) is 18.4 Å². The number of hydrogen-bond donors (Lipinski definition) is 3. The summed E-state index contributed by atoms with van der Waals surface area (Å²) >= 11 is 0. The molecule has 0 saturated heterocycles. The summed E-state index contributed by atoms with van der Waals surface area (Å²) in [6.07, 6.45) is 1.85. The van der Waals surface area contributed by atoms with Crippen LogP contribution in [-0.4, -0.2) is 20.2 Å². The molecule has 0 heterocycles. The largest absolute Gasteiger partial charge is 0.326 e. The van der Waals surface area contributed by atoms with E-state index in [0.29, 0.717) is 11.4 Å². The predicted octanol–water partition coefficient (Wildman–Crippen LogP) is 2.47. The molecule has 142 valence electrons. The summed E-state index contributed by atoms with van der Waals surface area (Å²) in [7, 11) is -3.69. The SMILES string of the molecule is CC(=O)Nc1ccc(S(=O)(=O)NCc2cccc(NC(=O)C3CC3)c2)cc1. The number of sulfonamides is 1. The van der Waals surface area contributed by atoms with Gasteiger partial charge in [-0.05, 0) is 54.8 Å². The summed E-state index contributed by atoms with van der Waals surface area (Å²) in [4.78, 5) is 23.0. The average Bonchev–Trinajstić information content (AvgIpc) is 3.46. The molecule has 3 N–H and O–H groups in total. The molecule has 1 aliphatic rings. The van der Waals surface area contributed by atoms with Gasteiger partial charge in [0.1, 0.15) is 0 Å². The summed E-state index contributed by atoms with van der Waals surface area (Å²) in [6, 6.07) is 13.0. The molecule has 8 heteroatoms. The smallest absolute Gasteiger partial charge is 0.240 e. The highest BCUT2D eigenvalue weighted by Gasteiger charge is 2.29. The fraction of sp³-hybridized carbons (Fsp3) is 0.263. The normalized spacial score (nSPS) is 13.8. The van der Waals surface area contributed by atoms with Crippen LogP contribution in [0.15, 0.2) is 53.4 Å². The molecule has 1 fully saturated rings. The standard InChI is InChI=1S/C19H21N3O4S/c1-13(23)21-16-7-9-18(10-8-16)27(25,26)20-12-14-3-2-4-17(11-14)22-19(24)15-5-6-15/h2-4,7-11,15,20H,5-6,12H2,1H3,(H,21,23)(H,22,24). The third kappa shape index (κ3) is 5.38. The van der Waals surface area contributed by atoms with Gasteiger partial charge in [0.2, 0.25) is 21.8 Å². The van der Waals surface area contributed by atoms with Crippen molar-refractivity contribution in [3.05, 3.63) is 54.1 Å². The molecule has 0 bridgehead atoms. The van der Waals surface area contributed by atoms with Crippen molar-refractivity contribution >= 4 is 33.2 Å². The Kier molecular flexibility index (Phi) is 5.57. The van der Waals surface area contributed by atoms with Crippen LogP contribution in [0.2, 0.25) is 0 Å². The van der Waals surface area contributed by atoms with Gasteiger partial charge in [0.25, 0.3) is 0 Å². The summed E-state index contributed by atoms with van der Waals surface area (Å²) in [5.41, 5.74) is 1.92. The maximum Gasteiger partial charge on any atom is 0.240 e. The first-order valence-electron chi connectivity index (χ1n) is 8.60. The number of hydrogen-bond acceptors (Lipinski definition) is 4. The maximum absolute atomic E-state index is 12.4. The van der Waals surface area contributed by atoms with E-state index in [-0.39, 0.29) is 29.2 Å². The lowest BCUT2D eigenvalue weighted by atomic mass is 10.2. The maximum atomic E-state index is 12.4. The Balaban J connectivity index is 1.62. The zero-order chi connectivity index (χ0) is 19.4. The molecule has 0 radical (unpaired) electrons. The second-order valence-electron chi connectivity index (χ2n) is 6.49. The van der Waals surface area contributed by atoms with Gasteiger partial charge in [-0.3, -0.25) is 9.59 Å². The van der Waals surface area contributed by atoms with Gasteiger partial charge in [-0.2, -0.15) is 0 Å². The van der Waals surface area contributed by atoms with Crippen molar-refractivity contribution < 1.29 is 18.0 Å². The molecule has 0 atom stereocenters. The first-order valence-corrected chi connectivity index (χ1v) is 10.1. The first kappa shape index (κ1) is 19.1. The minimum atomic E-state index is -3.69. The van der Waals surface area contributed by atoms with E-state index in [1.807, 2.05) is 0 Å². The molecule has 1 aliphatic carbocycles. The quantitative estimate of drug-likeness (QED) is 0.679. The van der Waals surface area contributed by atoms with E-state index >= 15 is 0 Å². The number of amides is 2. The van der Waals surface area contributed by atoms with Gasteiger partial charge >= 0.3 is 0 Å². The van der Waals surface area contributed by atoms with Crippen molar-refractivity contribution in [3.8, 4) is 0 Å². The van der Waals surface area contributed by atoms with Crippen molar-refractivity contribution in [2.75, 3.05) is 10.6 Å². The number of rotatable bonds is 7. The zero-order valence-corrected chi connectivity index (χ0v) is 15.7. The van der Waals surface area contributed by atoms with Crippen LogP contribution in [0.4, 0.5) is 11.4 Å². The van der Waals surface area contributed by atoms with Crippen LogP contribution in [-0.2, 0) is 26.2 Å². The highest BCUT2D eigenvalue weighted by molar-refractivity contribution is 7.89. The van der Waals surface area contributed by atoms with Crippen molar-refractivity contribution in [1.82, 2.24) is 4.72 Å². The van der Waals surface area contributed by atoms with Crippen LogP contribution in [0.3, 0.4) is 0 Å². The van der Waals surface area contributed by atoms with Crippen LogP contribution < -0.4 is 15.4 Å². The lowest BCUT2D eigenvalue weighted by molar-refractivity contribution is -0.117. The molecule has 2 aromatic rings. The van der Waals surface area contributed by atoms with E-state index in [2.05, 4.69) is 15.4 Å². The van der Waals surface area contributed by atoms with Gasteiger partial charge in [0.15, 0.2) is 0 Å². The Bertz CT molecular complexity index is 951. The molecule has 0 unspecified atom stereocenters. The van der Waals surface area contributed by atoms with Crippen LogP contribution in [0.25, 0.3) is 0 Å². The van der Waals surface area contributed by atoms with E-state index in [1.54, 1.807) is 24.3 Å². The fourth-order valence-corrected chi connectivity index (χ4v) is 3.55.